The van der Waals surface area contributed by atoms with E-state index in [9.17, 15) is 14.7 Å². The van der Waals surface area contributed by atoms with Crippen LogP contribution in [0.5, 0.6) is 0 Å². The van der Waals surface area contributed by atoms with Crippen molar-refractivity contribution in [1.29, 1.82) is 0 Å². The van der Waals surface area contributed by atoms with E-state index in [0.717, 1.165) is 23.5 Å². The molecule has 2 unspecified atom stereocenters. The number of nitrogens with one attached hydrogen (secondary N) is 2. The van der Waals surface area contributed by atoms with E-state index in [1.54, 1.807) is 32.5 Å². The Balaban J connectivity index is 2.70. The summed E-state index contributed by atoms with van der Waals surface area (Å²) in [5, 5.41) is 16.1. The van der Waals surface area contributed by atoms with Gasteiger partial charge in [-0.1, -0.05) is 44.2 Å². The van der Waals surface area contributed by atoms with Crippen molar-refractivity contribution < 1.29 is 19.4 Å². The van der Waals surface area contributed by atoms with Crippen LogP contribution in [0.25, 0.3) is 0 Å². The lowest BCUT2D eigenvalue weighted by atomic mass is 9.96. The SMILES string of the molecule is CCSCC[C@@H](NC(=O)OC(C)(C)C)C(O)C(=O)NCC(CC)c1ccccc1. The van der Waals surface area contributed by atoms with Gasteiger partial charge in [0.05, 0.1) is 6.04 Å². The number of aliphatic hydroxyl groups is 1. The number of carbonyl (C=O) groups excluding carboxylic acids is 2. The summed E-state index contributed by atoms with van der Waals surface area (Å²) in [6.45, 7) is 9.84. The van der Waals surface area contributed by atoms with Gasteiger partial charge in [0, 0.05) is 12.5 Å². The summed E-state index contributed by atoms with van der Waals surface area (Å²) in [6, 6.07) is 9.26. The molecule has 164 valence electrons. The highest BCUT2D eigenvalue weighted by atomic mass is 32.2. The molecule has 0 saturated carbocycles. The molecule has 0 aliphatic carbocycles. The maximum absolute atomic E-state index is 12.6. The van der Waals surface area contributed by atoms with Gasteiger partial charge in [-0.15, -0.1) is 0 Å². The molecular weight excluding hydrogens is 388 g/mol. The minimum Gasteiger partial charge on any atom is -0.444 e. The Labute approximate surface area is 179 Å². The molecule has 1 rings (SSSR count). The molecule has 2 amide bonds. The first-order valence-corrected chi connectivity index (χ1v) is 11.4. The highest BCUT2D eigenvalue weighted by molar-refractivity contribution is 7.99. The number of thioether (sulfide) groups is 1. The summed E-state index contributed by atoms with van der Waals surface area (Å²) < 4.78 is 5.28. The Kier molecular flexibility index (Phi) is 11.1. The van der Waals surface area contributed by atoms with E-state index in [1.807, 2.05) is 37.3 Å². The smallest absolute Gasteiger partial charge is 0.407 e. The lowest BCUT2D eigenvalue weighted by Gasteiger charge is -2.26. The number of ether oxygens (including phenoxy) is 1. The van der Waals surface area contributed by atoms with Crippen LogP contribution in [0.15, 0.2) is 30.3 Å². The molecule has 0 radical (unpaired) electrons. The molecule has 3 N–H and O–H groups in total. The molecule has 0 fully saturated rings. The van der Waals surface area contributed by atoms with Crippen LogP contribution in [0.1, 0.15) is 58.9 Å². The van der Waals surface area contributed by atoms with Crippen LogP contribution in [-0.2, 0) is 9.53 Å². The van der Waals surface area contributed by atoms with Gasteiger partial charge >= 0.3 is 6.09 Å². The second-order valence-corrected chi connectivity index (χ2v) is 9.34. The van der Waals surface area contributed by atoms with Gasteiger partial charge < -0.3 is 20.5 Å². The van der Waals surface area contributed by atoms with Crippen LogP contribution in [-0.4, -0.2) is 52.9 Å². The Bertz CT molecular complexity index is 619. The normalized spacial score (nSPS) is 14.6. The van der Waals surface area contributed by atoms with Crippen molar-refractivity contribution in [3.05, 3.63) is 35.9 Å². The molecule has 7 heteroatoms. The predicted molar refractivity (Wildman–Crippen MR) is 119 cm³/mol. The fourth-order valence-electron chi connectivity index (χ4n) is 2.86. The lowest BCUT2D eigenvalue weighted by molar-refractivity contribution is -0.130. The number of hydrogen-bond acceptors (Lipinski definition) is 5. The van der Waals surface area contributed by atoms with Crippen molar-refractivity contribution in [3.8, 4) is 0 Å². The number of rotatable bonds is 11. The summed E-state index contributed by atoms with van der Waals surface area (Å²) in [4.78, 5) is 24.7. The molecule has 6 nitrogen and oxygen atoms in total. The van der Waals surface area contributed by atoms with Gasteiger partial charge in [0.15, 0.2) is 6.10 Å². The van der Waals surface area contributed by atoms with E-state index >= 15 is 0 Å². The lowest BCUT2D eigenvalue weighted by Crippen LogP contribution is -2.52. The highest BCUT2D eigenvalue weighted by Crippen LogP contribution is 2.18. The Hall–Kier alpha value is -1.73. The summed E-state index contributed by atoms with van der Waals surface area (Å²) in [5.74, 6) is 1.33. The zero-order valence-electron chi connectivity index (χ0n) is 18.2. The first-order valence-electron chi connectivity index (χ1n) is 10.3. The Morgan fingerprint density at radius 3 is 2.38 bits per heavy atom. The highest BCUT2D eigenvalue weighted by Gasteiger charge is 2.29. The molecule has 0 spiro atoms. The average Bonchev–Trinajstić information content (AvgIpc) is 2.66. The van der Waals surface area contributed by atoms with Crippen molar-refractivity contribution in [2.75, 3.05) is 18.1 Å². The maximum atomic E-state index is 12.6. The molecule has 0 aliphatic rings. The molecule has 0 aliphatic heterocycles. The molecule has 3 atom stereocenters. The third-order valence-electron chi connectivity index (χ3n) is 4.42. The second kappa shape index (κ2) is 12.8. The second-order valence-electron chi connectivity index (χ2n) is 7.94. The fourth-order valence-corrected chi connectivity index (χ4v) is 3.57. The first kappa shape index (κ1) is 25.3. The van der Waals surface area contributed by atoms with Crippen LogP contribution in [0.2, 0.25) is 0 Å². The molecule has 1 aromatic carbocycles. The number of hydrogen-bond donors (Lipinski definition) is 3. The van der Waals surface area contributed by atoms with Gasteiger partial charge in [0.2, 0.25) is 0 Å². The van der Waals surface area contributed by atoms with Crippen LogP contribution in [0.3, 0.4) is 0 Å². The van der Waals surface area contributed by atoms with Gasteiger partial charge in [-0.2, -0.15) is 11.8 Å². The monoisotopic (exact) mass is 424 g/mol. The van der Waals surface area contributed by atoms with E-state index in [2.05, 4.69) is 17.6 Å². The number of alkyl carbamates (subject to hydrolysis) is 1. The quantitative estimate of drug-likeness (QED) is 0.472. The maximum Gasteiger partial charge on any atom is 0.407 e. The molecule has 0 heterocycles. The third-order valence-corrected chi connectivity index (χ3v) is 5.35. The van der Waals surface area contributed by atoms with E-state index in [-0.39, 0.29) is 5.92 Å². The summed E-state index contributed by atoms with van der Waals surface area (Å²) in [6.07, 6.45) is -0.630. The summed E-state index contributed by atoms with van der Waals surface area (Å²) >= 11 is 1.69. The standard InChI is InChI=1S/C22H36N2O4S/c1-6-16(17-11-9-8-10-12-17)15-23-20(26)19(25)18(13-14-29-7-2)24-21(27)28-22(3,4)5/h8-12,16,18-19,25H,6-7,13-15H2,1-5H3,(H,23,26)(H,24,27)/t16?,18-,19?/m1/s1. The van der Waals surface area contributed by atoms with E-state index in [4.69, 9.17) is 4.74 Å². The molecule has 29 heavy (non-hydrogen) atoms. The minimum absolute atomic E-state index is 0.167. The topological polar surface area (TPSA) is 87.7 Å². The van der Waals surface area contributed by atoms with E-state index < -0.39 is 29.7 Å². The fraction of sp³-hybridized carbons (Fsp3) is 0.636. The van der Waals surface area contributed by atoms with Crippen molar-refractivity contribution >= 4 is 23.8 Å². The summed E-state index contributed by atoms with van der Waals surface area (Å²) in [5.41, 5.74) is 0.497. The van der Waals surface area contributed by atoms with Crippen LogP contribution < -0.4 is 10.6 Å². The van der Waals surface area contributed by atoms with Crippen molar-refractivity contribution in [3.63, 3.8) is 0 Å². The zero-order valence-corrected chi connectivity index (χ0v) is 19.1. The van der Waals surface area contributed by atoms with Gasteiger partial charge in [0.1, 0.15) is 5.60 Å². The Morgan fingerprint density at radius 1 is 1.17 bits per heavy atom. The first-order chi connectivity index (χ1) is 13.7. The molecule has 1 aromatic rings. The Morgan fingerprint density at radius 2 is 1.83 bits per heavy atom. The van der Waals surface area contributed by atoms with Crippen molar-refractivity contribution in [2.45, 2.75) is 71.1 Å². The van der Waals surface area contributed by atoms with Crippen molar-refractivity contribution in [2.24, 2.45) is 0 Å². The van der Waals surface area contributed by atoms with Crippen LogP contribution in [0, 0.1) is 0 Å². The zero-order chi connectivity index (χ0) is 21.9. The van der Waals surface area contributed by atoms with Gasteiger partial charge in [-0.25, -0.2) is 4.79 Å². The molecule has 0 saturated heterocycles. The molecular formula is C22H36N2O4S. The van der Waals surface area contributed by atoms with E-state index in [1.165, 1.54) is 0 Å². The minimum atomic E-state index is -1.34. The largest absolute Gasteiger partial charge is 0.444 e. The number of benzene rings is 1. The number of aliphatic hydroxyl groups excluding tert-OH is 1. The van der Waals surface area contributed by atoms with Gasteiger partial charge in [-0.05, 0) is 50.7 Å². The number of amides is 2. The van der Waals surface area contributed by atoms with Crippen LogP contribution >= 0.6 is 11.8 Å². The predicted octanol–water partition coefficient (Wildman–Crippen LogP) is 3.69. The van der Waals surface area contributed by atoms with Gasteiger partial charge in [0.25, 0.3) is 5.91 Å². The van der Waals surface area contributed by atoms with E-state index in [0.29, 0.717) is 13.0 Å². The average molecular weight is 425 g/mol. The molecule has 0 bridgehead atoms. The molecule has 0 aromatic heterocycles. The van der Waals surface area contributed by atoms with Crippen LogP contribution in [0.4, 0.5) is 4.79 Å². The van der Waals surface area contributed by atoms with Gasteiger partial charge in [-0.3, -0.25) is 4.79 Å². The summed E-state index contributed by atoms with van der Waals surface area (Å²) in [7, 11) is 0. The third kappa shape index (κ3) is 10.0. The van der Waals surface area contributed by atoms with Crippen molar-refractivity contribution in [1.82, 2.24) is 10.6 Å². The number of carbonyl (C=O) groups is 2.